The van der Waals surface area contributed by atoms with E-state index >= 15 is 0 Å². The highest BCUT2D eigenvalue weighted by atomic mass is 16.5. The summed E-state index contributed by atoms with van der Waals surface area (Å²) < 4.78 is 11.2. The van der Waals surface area contributed by atoms with E-state index in [2.05, 4.69) is 4.98 Å². The van der Waals surface area contributed by atoms with Crippen molar-refractivity contribution in [1.82, 2.24) is 4.98 Å². The molecule has 0 saturated carbocycles. The van der Waals surface area contributed by atoms with Crippen molar-refractivity contribution in [3.8, 4) is 5.75 Å². The molecule has 2 unspecified atom stereocenters. The average Bonchev–Trinajstić information content (AvgIpc) is 3.46. The largest absolute Gasteiger partial charge is 0.507 e. The lowest BCUT2D eigenvalue weighted by Crippen LogP contribution is -2.30. The van der Waals surface area contributed by atoms with Gasteiger partial charge in [-0.1, -0.05) is 6.07 Å². The van der Waals surface area contributed by atoms with E-state index in [1.165, 1.54) is 17.4 Å². The molecule has 1 saturated heterocycles. The van der Waals surface area contributed by atoms with E-state index in [0.29, 0.717) is 23.6 Å². The second-order valence-electron chi connectivity index (χ2n) is 7.33. The van der Waals surface area contributed by atoms with Crippen molar-refractivity contribution >= 4 is 23.3 Å². The summed E-state index contributed by atoms with van der Waals surface area (Å²) in [6.45, 7) is 1.97. The van der Waals surface area contributed by atoms with Gasteiger partial charge < -0.3 is 14.3 Å². The molecular weight excluding hydrogens is 384 g/mol. The quantitative estimate of drug-likeness (QED) is 0.409. The fourth-order valence-electron chi connectivity index (χ4n) is 4.01. The van der Waals surface area contributed by atoms with Gasteiger partial charge in [0, 0.05) is 18.2 Å². The van der Waals surface area contributed by atoms with E-state index in [-0.39, 0.29) is 17.4 Å². The minimum atomic E-state index is -0.918. The molecule has 7 heteroatoms. The third-order valence-corrected chi connectivity index (χ3v) is 5.32. The molecule has 0 aliphatic carbocycles. The van der Waals surface area contributed by atoms with E-state index in [1.807, 2.05) is 6.92 Å². The van der Waals surface area contributed by atoms with Gasteiger partial charge in [0.25, 0.3) is 5.78 Å². The number of ether oxygens (including phenoxy) is 1. The van der Waals surface area contributed by atoms with Crippen molar-refractivity contribution in [2.45, 2.75) is 25.5 Å². The van der Waals surface area contributed by atoms with Crippen LogP contribution in [0, 0.1) is 0 Å². The molecule has 1 aromatic carbocycles. The van der Waals surface area contributed by atoms with Crippen LogP contribution in [0.1, 0.15) is 29.9 Å². The van der Waals surface area contributed by atoms with Crippen molar-refractivity contribution in [3.63, 3.8) is 0 Å². The topological polar surface area (TPSA) is 92.9 Å². The summed E-state index contributed by atoms with van der Waals surface area (Å²) in [7, 11) is 0. The summed E-state index contributed by atoms with van der Waals surface area (Å²) in [6, 6.07) is 12.7. The number of hydrogen-bond donors (Lipinski definition) is 1. The number of aromatic nitrogens is 1. The number of nitrogens with zero attached hydrogens (tertiary/aromatic N) is 2. The first-order valence-electron chi connectivity index (χ1n) is 9.60. The Morgan fingerprint density at radius 3 is 2.77 bits per heavy atom. The average molecular weight is 402 g/mol. The van der Waals surface area contributed by atoms with Crippen LogP contribution in [-0.4, -0.2) is 27.9 Å². The summed E-state index contributed by atoms with van der Waals surface area (Å²) in [6.07, 6.45) is 3.76. The predicted molar refractivity (Wildman–Crippen MR) is 108 cm³/mol. The second-order valence-corrected chi connectivity index (χ2v) is 7.33. The van der Waals surface area contributed by atoms with Gasteiger partial charge in [0.1, 0.15) is 35.2 Å². The number of pyridine rings is 1. The van der Waals surface area contributed by atoms with Crippen LogP contribution in [0.15, 0.2) is 71.0 Å². The molecule has 3 aromatic rings. The molecule has 5 rings (SSSR count). The van der Waals surface area contributed by atoms with Gasteiger partial charge in [-0.3, -0.25) is 14.5 Å². The molecule has 1 amide bonds. The number of carbonyl (C=O) groups is 2. The number of fused-ring (bicyclic) bond motifs is 1. The number of anilines is 1. The number of carbonyl (C=O) groups excluding carboxylic acids is 2. The molecule has 30 heavy (non-hydrogen) atoms. The highest BCUT2D eigenvalue weighted by molar-refractivity contribution is 6.51. The Morgan fingerprint density at radius 2 is 2.03 bits per heavy atom. The molecule has 1 fully saturated rings. The number of benzene rings is 1. The van der Waals surface area contributed by atoms with Crippen molar-refractivity contribution in [3.05, 3.63) is 83.5 Å². The summed E-state index contributed by atoms with van der Waals surface area (Å²) >= 11 is 0. The van der Waals surface area contributed by atoms with Crippen LogP contribution in [0.25, 0.3) is 5.76 Å². The molecule has 2 aliphatic rings. The molecule has 1 N–H and O–H groups in total. The first-order chi connectivity index (χ1) is 14.5. The SMILES string of the molecule is CC1Cc2cc(/C(O)=C3\C(=O)C(=O)N(c4ccccn4)C3c3ccco3)ccc2O1. The van der Waals surface area contributed by atoms with Crippen molar-refractivity contribution in [2.75, 3.05) is 4.90 Å². The maximum Gasteiger partial charge on any atom is 0.301 e. The molecule has 2 atom stereocenters. The Hall–Kier alpha value is -3.87. The Bertz CT molecular complexity index is 1170. The Balaban J connectivity index is 1.67. The van der Waals surface area contributed by atoms with E-state index in [0.717, 1.165) is 11.3 Å². The fourth-order valence-corrected chi connectivity index (χ4v) is 4.01. The smallest absolute Gasteiger partial charge is 0.301 e. The molecule has 0 bridgehead atoms. The Morgan fingerprint density at radius 1 is 1.17 bits per heavy atom. The second kappa shape index (κ2) is 6.88. The third-order valence-electron chi connectivity index (χ3n) is 5.32. The zero-order chi connectivity index (χ0) is 20.8. The monoisotopic (exact) mass is 402 g/mol. The molecular formula is C23H18N2O5. The van der Waals surface area contributed by atoms with Crippen molar-refractivity contribution in [2.24, 2.45) is 0 Å². The van der Waals surface area contributed by atoms with Crippen LogP contribution >= 0.6 is 0 Å². The van der Waals surface area contributed by atoms with Gasteiger partial charge in [-0.25, -0.2) is 4.98 Å². The van der Waals surface area contributed by atoms with Gasteiger partial charge in [0.15, 0.2) is 0 Å². The maximum absolute atomic E-state index is 13.0. The molecule has 4 heterocycles. The minimum absolute atomic E-state index is 0.0347. The number of aliphatic hydroxyl groups excluding tert-OH is 1. The lowest BCUT2D eigenvalue weighted by Gasteiger charge is -2.22. The maximum atomic E-state index is 13.0. The molecule has 150 valence electrons. The van der Waals surface area contributed by atoms with Gasteiger partial charge in [-0.2, -0.15) is 0 Å². The molecule has 0 spiro atoms. The predicted octanol–water partition coefficient (Wildman–Crippen LogP) is 3.62. The van der Waals surface area contributed by atoms with Crippen molar-refractivity contribution < 1.29 is 23.8 Å². The number of Topliss-reactive ketones (excluding diaryl/α,β-unsaturated/α-hetero) is 1. The number of furan rings is 1. The number of ketones is 1. The summed E-state index contributed by atoms with van der Waals surface area (Å²) in [4.78, 5) is 31.4. The van der Waals surface area contributed by atoms with E-state index < -0.39 is 17.7 Å². The van der Waals surface area contributed by atoms with Crippen LogP contribution in [0.2, 0.25) is 0 Å². The zero-order valence-corrected chi connectivity index (χ0v) is 16.1. The van der Waals surface area contributed by atoms with E-state index in [1.54, 1.807) is 48.5 Å². The minimum Gasteiger partial charge on any atom is -0.507 e. The summed E-state index contributed by atoms with van der Waals surface area (Å²) in [5.74, 6) is -0.388. The molecule has 0 radical (unpaired) electrons. The van der Waals surface area contributed by atoms with E-state index in [4.69, 9.17) is 9.15 Å². The van der Waals surface area contributed by atoms with Crippen LogP contribution in [0.4, 0.5) is 5.82 Å². The summed E-state index contributed by atoms with van der Waals surface area (Å²) in [5, 5.41) is 11.1. The summed E-state index contributed by atoms with van der Waals surface area (Å²) in [5.41, 5.74) is 1.36. The first-order valence-corrected chi connectivity index (χ1v) is 9.60. The van der Waals surface area contributed by atoms with Crippen LogP contribution in [-0.2, 0) is 16.0 Å². The normalized spacial score (nSPS) is 22.2. The molecule has 2 aromatic heterocycles. The lowest BCUT2D eigenvalue weighted by atomic mass is 9.97. The number of aliphatic hydroxyl groups is 1. The van der Waals surface area contributed by atoms with Gasteiger partial charge in [0.2, 0.25) is 0 Å². The van der Waals surface area contributed by atoms with Crippen LogP contribution < -0.4 is 9.64 Å². The number of rotatable bonds is 3. The lowest BCUT2D eigenvalue weighted by molar-refractivity contribution is -0.132. The third kappa shape index (κ3) is 2.78. The van der Waals surface area contributed by atoms with Crippen LogP contribution in [0.5, 0.6) is 5.75 Å². The van der Waals surface area contributed by atoms with Gasteiger partial charge in [-0.05, 0) is 55.0 Å². The molecule has 2 aliphatic heterocycles. The van der Waals surface area contributed by atoms with Crippen molar-refractivity contribution in [1.29, 1.82) is 0 Å². The highest BCUT2D eigenvalue weighted by Gasteiger charge is 2.48. The standard InChI is InChI=1S/C23H18N2O5/c1-13-11-15-12-14(7-8-16(15)30-13)21(26)19-20(17-5-4-10-29-17)25(23(28)22(19)27)18-6-2-3-9-24-18/h2-10,12-13,20,26H,11H2,1H3/b21-19+. The number of hydrogen-bond acceptors (Lipinski definition) is 6. The zero-order valence-electron chi connectivity index (χ0n) is 16.1. The highest BCUT2D eigenvalue weighted by Crippen LogP contribution is 2.42. The van der Waals surface area contributed by atoms with Gasteiger partial charge in [0.05, 0.1) is 11.8 Å². The molecule has 7 nitrogen and oxygen atoms in total. The van der Waals surface area contributed by atoms with E-state index in [9.17, 15) is 14.7 Å². The fraction of sp³-hybridized carbons (Fsp3) is 0.174. The van der Waals surface area contributed by atoms with Gasteiger partial charge >= 0.3 is 5.91 Å². The Kier molecular flexibility index (Phi) is 4.17. The van der Waals surface area contributed by atoms with Gasteiger partial charge in [-0.15, -0.1) is 0 Å². The number of amides is 1. The van der Waals surface area contributed by atoms with Crippen LogP contribution in [0.3, 0.4) is 0 Å². The Labute approximate surface area is 172 Å². The first kappa shape index (κ1) is 18.2.